The van der Waals surface area contributed by atoms with E-state index in [1.165, 1.54) is 14.2 Å². The number of aryl methyl sites for hydroxylation is 1. The van der Waals surface area contributed by atoms with E-state index in [4.69, 9.17) is 9.47 Å². The molecule has 0 saturated carbocycles. The van der Waals surface area contributed by atoms with Crippen LogP contribution in [0.25, 0.3) is 0 Å². The minimum Gasteiger partial charge on any atom is -0.437 e. The Kier molecular flexibility index (Phi) is 4.77. The minimum atomic E-state index is -1.95. The van der Waals surface area contributed by atoms with Crippen LogP contribution in [0.2, 0.25) is 19.6 Å². The lowest BCUT2D eigenvalue weighted by Gasteiger charge is -2.21. The summed E-state index contributed by atoms with van der Waals surface area (Å²) in [6, 6.07) is 0. The molecule has 1 rings (SSSR count). The molecule has 0 N–H and O–H groups in total. The number of ether oxygens (including phenoxy) is 4. The summed E-state index contributed by atoms with van der Waals surface area (Å²) in [6.07, 6.45) is -1.86. The zero-order valence-corrected chi connectivity index (χ0v) is 13.3. The number of hydrogen-bond acceptors (Lipinski definition) is 7. The van der Waals surface area contributed by atoms with Gasteiger partial charge < -0.3 is 23.2 Å². The van der Waals surface area contributed by atoms with Crippen LogP contribution in [-0.4, -0.2) is 44.0 Å². The van der Waals surface area contributed by atoms with Crippen molar-refractivity contribution in [2.45, 2.75) is 26.6 Å². The molecule has 0 aliphatic carbocycles. The molecule has 0 spiro atoms. The maximum Gasteiger partial charge on any atom is 0.515 e. The van der Waals surface area contributed by atoms with Crippen molar-refractivity contribution in [3.8, 4) is 11.8 Å². The van der Waals surface area contributed by atoms with E-state index in [0.717, 1.165) is 0 Å². The minimum absolute atomic E-state index is 0.0407. The molecule has 1 aromatic heterocycles. The van der Waals surface area contributed by atoms with Crippen LogP contribution in [0.4, 0.5) is 9.59 Å². The van der Waals surface area contributed by atoms with E-state index in [9.17, 15) is 9.59 Å². The topological polar surface area (TPSA) is 88.9 Å². The first kappa shape index (κ1) is 16.0. The summed E-state index contributed by atoms with van der Waals surface area (Å²) >= 11 is 0. The highest BCUT2D eigenvalue weighted by molar-refractivity contribution is 6.74. The number of imidazole rings is 1. The molecule has 9 heteroatoms. The summed E-state index contributed by atoms with van der Waals surface area (Å²) in [7, 11) is 0.405. The Balaban J connectivity index is 3.30. The van der Waals surface area contributed by atoms with Gasteiger partial charge in [-0.3, -0.25) is 0 Å². The van der Waals surface area contributed by atoms with Gasteiger partial charge in [-0.05, 0) is 6.92 Å². The lowest BCUT2D eigenvalue weighted by Crippen LogP contribution is -2.34. The van der Waals surface area contributed by atoms with Crippen molar-refractivity contribution in [2.75, 3.05) is 14.2 Å². The molecule has 0 unspecified atom stereocenters. The van der Waals surface area contributed by atoms with Gasteiger partial charge in [0.2, 0.25) is 0 Å². The number of rotatable bonds is 3. The van der Waals surface area contributed by atoms with E-state index in [1.54, 1.807) is 11.2 Å². The Bertz CT molecular complexity index is 520. The average Bonchev–Trinajstić information content (AvgIpc) is 2.64. The number of carbonyl (C=O) groups excluding carboxylic acids is 2. The number of aromatic nitrogens is 2. The van der Waals surface area contributed by atoms with Crippen LogP contribution in [0, 0.1) is 6.92 Å². The Morgan fingerprint density at radius 1 is 1.05 bits per heavy atom. The lowest BCUT2D eigenvalue weighted by atomic mass is 10.7. The normalized spacial score (nSPS) is 10.9. The van der Waals surface area contributed by atoms with Crippen LogP contribution in [-0.2, 0) is 9.47 Å². The van der Waals surface area contributed by atoms with Crippen molar-refractivity contribution in [1.82, 2.24) is 9.22 Å². The van der Waals surface area contributed by atoms with Gasteiger partial charge in [0.25, 0.3) is 11.8 Å². The van der Waals surface area contributed by atoms with Gasteiger partial charge in [-0.2, -0.15) is 4.98 Å². The van der Waals surface area contributed by atoms with Crippen molar-refractivity contribution < 1.29 is 28.5 Å². The fourth-order valence-corrected chi connectivity index (χ4v) is 3.45. The van der Waals surface area contributed by atoms with Crippen LogP contribution in [0.1, 0.15) is 5.82 Å². The second-order valence-corrected chi connectivity index (χ2v) is 9.68. The van der Waals surface area contributed by atoms with E-state index in [1.807, 2.05) is 19.6 Å². The third-order valence-electron chi connectivity index (χ3n) is 2.34. The molecular formula is C11H18N2O6Si. The van der Waals surface area contributed by atoms with Crippen molar-refractivity contribution in [3.63, 3.8) is 0 Å². The van der Waals surface area contributed by atoms with E-state index < -0.39 is 20.5 Å². The fourth-order valence-electron chi connectivity index (χ4n) is 1.67. The smallest absolute Gasteiger partial charge is 0.437 e. The van der Waals surface area contributed by atoms with Crippen LogP contribution >= 0.6 is 0 Å². The number of nitrogens with zero attached hydrogens (tertiary/aromatic N) is 2. The largest absolute Gasteiger partial charge is 0.515 e. The lowest BCUT2D eigenvalue weighted by molar-refractivity contribution is 0.108. The van der Waals surface area contributed by atoms with E-state index in [2.05, 4.69) is 14.5 Å². The van der Waals surface area contributed by atoms with Gasteiger partial charge >= 0.3 is 12.3 Å². The molecule has 1 aromatic rings. The highest BCUT2D eigenvalue weighted by Crippen LogP contribution is 2.32. The third kappa shape index (κ3) is 3.50. The molecule has 0 amide bonds. The number of hydrogen-bond donors (Lipinski definition) is 0. The highest BCUT2D eigenvalue weighted by atomic mass is 28.3. The Labute approximate surface area is 117 Å². The van der Waals surface area contributed by atoms with E-state index in [0.29, 0.717) is 5.82 Å². The SMILES string of the molecule is COC(=O)Oc1nc(C)n([Si](C)(C)C)c1OC(=O)OC. The summed E-state index contributed by atoms with van der Waals surface area (Å²) in [5.41, 5.74) is 0. The quantitative estimate of drug-likeness (QED) is 0.624. The van der Waals surface area contributed by atoms with Gasteiger partial charge in [0.15, 0.2) is 8.24 Å². The van der Waals surface area contributed by atoms with Gasteiger partial charge in [-0.25, -0.2) is 9.59 Å². The first-order valence-electron chi connectivity index (χ1n) is 5.82. The molecule has 0 radical (unpaired) electrons. The Morgan fingerprint density at radius 2 is 1.55 bits per heavy atom. The van der Waals surface area contributed by atoms with Crippen molar-refractivity contribution in [2.24, 2.45) is 0 Å². The number of methoxy groups -OCH3 is 2. The zero-order valence-electron chi connectivity index (χ0n) is 12.3. The summed E-state index contributed by atoms with van der Waals surface area (Å²) in [4.78, 5) is 26.6. The number of carbonyl (C=O) groups is 2. The molecule has 1 heterocycles. The molecule has 20 heavy (non-hydrogen) atoms. The van der Waals surface area contributed by atoms with Crippen molar-refractivity contribution in [3.05, 3.63) is 5.82 Å². The van der Waals surface area contributed by atoms with Crippen molar-refractivity contribution >= 4 is 20.5 Å². The molecule has 0 saturated heterocycles. The van der Waals surface area contributed by atoms with Gasteiger partial charge in [0.05, 0.1) is 14.2 Å². The Morgan fingerprint density at radius 3 is 2.00 bits per heavy atom. The molecule has 0 fully saturated rings. The van der Waals surface area contributed by atoms with Crippen molar-refractivity contribution in [1.29, 1.82) is 0 Å². The molecule has 112 valence electrons. The second kappa shape index (κ2) is 5.95. The zero-order chi connectivity index (χ0) is 15.5. The standard InChI is InChI=1S/C11H18N2O6Si/c1-7-12-8(18-10(14)16-2)9(19-11(15)17-3)13(7)20(4,5)6/h1-6H3. The van der Waals surface area contributed by atoms with Gasteiger partial charge in [-0.1, -0.05) is 19.6 Å². The molecular weight excluding hydrogens is 284 g/mol. The monoisotopic (exact) mass is 302 g/mol. The summed E-state index contributed by atoms with van der Waals surface area (Å²) in [6.45, 7) is 7.79. The molecule has 0 aliphatic rings. The first-order chi connectivity index (χ1) is 9.20. The van der Waals surface area contributed by atoms with E-state index in [-0.39, 0.29) is 11.8 Å². The molecule has 0 aliphatic heterocycles. The maximum atomic E-state index is 11.3. The molecule has 8 nitrogen and oxygen atoms in total. The Hall–Kier alpha value is -2.03. The van der Waals surface area contributed by atoms with Crippen LogP contribution in [0.5, 0.6) is 11.8 Å². The molecule has 0 bridgehead atoms. The summed E-state index contributed by atoms with van der Waals surface area (Å²) in [5, 5.41) is 0. The predicted molar refractivity (Wildman–Crippen MR) is 71.8 cm³/mol. The van der Waals surface area contributed by atoms with Gasteiger partial charge in [0.1, 0.15) is 5.82 Å². The summed E-state index contributed by atoms with van der Waals surface area (Å²) < 4.78 is 20.6. The molecule has 0 atom stereocenters. The average molecular weight is 302 g/mol. The van der Waals surface area contributed by atoms with Crippen LogP contribution < -0.4 is 9.47 Å². The summed E-state index contributed by atoms with van der Waals surface area (Å²) in [5.74, 6) is 0.489. The fraction of sp³-hybridized carbons (Fsp3) is 0.545. The van der Waals surface area contributed by atoms with Crippen LogP contribution in [0.15, 0.2) is 0 Å². The predicted octanol–water partition coefficient (Wildman–Crippen LogP) is 2.16. The first-order valence-corrected chi connectivity index (χ1v) is 9.26. The van der Waals surface area contributed by atoms with Crippen LogP contribution in [0.3, 0.4) is 0 Å². The van der Waals surface area contributed by atoms with E-state index >= 15 is 0 Å². The van der Waals surface area contributed by atoms with Gasteiger partial charge in [-0.15, -0.1) is 0 Å². The third-order valence-corrected chi connectivity index (χ3v) is 4.21. The maximum absolute atomic E-state index is 11.3. The highest BCUT2D eigenvalue weighted by Gasteiger charge is 2.30. The second-order valence-electron chi connectivity index (χ2n) is 4.89. The van der Waals surface area contributed by atoms with Gasteiger partial charge in [0, 0.05) is 0 Å². The molecule has 0 aromatic carbocycles.